The number of ether oxygens (including phenoxy) is 2. The Morgan fingerprint density at radius 2 is 1.70 bits per heavy atom. The number of pyridine rings is 1. The van der Waals surface area contributed by atoms with E-state index in [1.165, 1.54) is 24.9 Å². The number of benzene rings is 2. The van der Waals surface area contributed by atoms with Crippen molar-refractivity contribution in [3.8, 4) is 28.5 Å². The molecule has 0 atom stereocenters. The lowest BCUT2D eigenvalue weighted by atomic mass is 9.95. The summed E-state index contributed by atoms with van der Waals surface area (Å²) in [5.41, 5.74) is 6.20. The number of nitrogens with zero attached hydrogens (tertiary/aromatic N) is 4. The van der Waals surface area contributed by atoms with Crippen LogP contribution in [0.2, 0.25) is 16.6 Å². The number of anilines is 1. The molecule has 1 aliphatic rings. The fourth-order valence-electron chi connectivity index (χ4n) is 7.17. The number of fused-ring (bicyclic) bond motifs is 2. The number of hydrogen-bond donors (Lipinski definition) is 0. The van der Waals surface area contributed by atoms with Crippen LogP contribution < -0.4 is 9.64 Å². The highest BCUT2D eigenvalue weighted by atomic mass is 32.2. The summed E-state index contributed by atoms with van der Waals surface area (Å²) in [4.78, 5) is 16.5. The summed E-state index contributed by atoms with van der Waals surface area (Å²) < 4.78 is 44.1. The Balaban J connectivity index is 1.86. The molecule has 0 amide bonds. The first-order valence-corrected chi connectivity index (χ1v) is 19.6. The monoisotopic (exact) mass is 674 g/mol. The lowest BCUT2D eigenvalue weighted by molar-refractivity contribution is 0.0512. The largest absolute Gasteiger partial charge is 0.468 e. The first kappa shape index (κ1) is 34.8. The Morgan fingerprint density at radius 3 is 2.32 bits per heavy atom. The molecule has 248 valence electrons. The summed E-state index contributed by atoms with van der Waals surface area (Å²) in [6.45, 7) is 16.6. The van der Waals surface area contributed by atoms with Gasteiger partial charge in [-0.25, -0.2) is 23.7 Å². The second-order valence-corrected chi connectivity index (χ2v) is 19.4. The molecule has 3 heterocycles. The molecule has 0 saturated carbocycles. The van der Waals surface area contributed by atoms with Crippen LogP contribution in [0.4, 0.5) is 14.6 Å². The van der Waals surface area contributed by atoms with E-state index in [1.54, 1.807) is 12.1 Å². The first-order chi connectivity index (χ1) is 22.4. The van der Waals surface area contributed by atoms with Crippen molar-refractivity contribution in [2.45, 2.75) is 76.7 Å². The van der Waals surface area contributed by atoms with Crippen molar-refractivity contribution in [3.63, 3.8) is 0 Å². The van der Waals surface area contributed by atoms with E-state index in [-0.39, 0.29) is 23.6 Å². The van der Waals surface area contributed by atoms with Gasteiger partial charge in [-0.15, -0.1) is 5.54 Å². The van der Waals surface area contributed by atoms with Gasteiger partial charge in [0.25, 0.3) is 0 Å². The number of methoxy groups -OCH3 is 1. The Labute approximate surface area is 282 Å². The molecule has 0 radical (unpaired) electrons. The molecular formula is C37H44F2N4O2SSi. The quantitative estimate of drug-likeness (QED) is 0.0438. The lowest BCUT2D eigenvalue weighted by Gasteiger charge is -2.38. The summed E-state index contributed by atoms with van der Waals surface area (Å²) in [7, 11) is -0.689. The predicted octanol–water partition coefficient (Wildman–Crippen LogP) is 9.47. The molecule has 2 aromatic heterocycles. The van der Waals surface area contributed by atoms with Gasteiger partial charge in [-0.2, -0.15) is 0 Å². The van der Waals surface area contributed by atoms with Gasteiger partial charge in [0.1, 0.15) is 36.7 Å². The van der Waals surface area contributed by atoms with E-state index in [4.69, 9.17) is 19.4 Å². The molecule has 0 unspecified atom stereocenters. The van der Waals surface area contributed by atoms with Crippen LogP contribution in [-0.4, -0.2) is 56.3 Å². The summed E-state index contributed by atoms with van der Waals surface area (Å²) in [5.74, 6) is 3.39. The second-order valence-electron chi connectivity index (χ2n) is 13.0. The van der Waals surface area contributed by atoms with Crippen LogP contribution in [0.25, 0.3) is 32.9 Å². The maximum absolute atomic E-state index is 17.1. The van der Waals surface area contributed by atoms with Crippen LogP contribution in [-0.2, 0) is 4.74 Å². The van der Waals surface area contributed by atoms with Crippen LogP contribution in [0.15, 0.2) is 41.6 Å². The predicted molar refractivity (Wildman–Crippen MR) is 193 cm³/mol. The number of aryl methyl sites for hydroxylation is 1. The average molecular weight is 675 g/mol. The number of aromatic nitrogens is 3. The smallest absolute Gasteiger partial charge is 0.189 e. The van der Waals surface area contributed by atoms with Crippen molar-refractivity contribution in [1.82, 2.24) is 15.0 Å². The van der Waals surface area contributed by atoms with Gasteiger partial charge in [0, 0.05) is 31.1 Å². The van der Waals surface area contributed by atoms with Gasteiger partial charge in [-0.1, -0.05) is 77.4 Å². The van der Waals surface area contributed by atoms with Crippen LogP contribution >= 0.6 is 11.8 Å². The molecule has 0 fully saturated rings. The average Bonchev–Trinajstić information content (AvgIpc) is 3.05. The maximum atomic E-state index is 17.1. The summed E-state index contributed by atoms with van der Waals surface area (Å²) in [6.07, 6.45) is 6.98. The molecule has 0 saturated heterocycles. The van der Waals surface area contributed by atoms with Crippen LogP contribution in [0, 0.1) is 30.0 Å². The SMILES string of the molecule is COCOc1cc(-c2nc(C)c3c(N4CC=CCC4)nc(SC)nc3c2F)c2c(C#C[Si](C(C)C)(C(C)C)C(C)C)c(F)ccc2c1. The van der Waals surface area contributed by atoms with Crippen molar-refractivity contribution in [1.29, 1.82) is 0 Å². The van der Waals surface area contributed by atoms with Crippen molar-refractivity contribution in [2.24, 2.45) is 0 Å². The van der Waals surface area contributed by atoms with E-state index >= 15 is 8.78 Å². The van der Waals surface area contributed by atoms with E-state index < -0.39 is 19.7 Å². The number of rotatable bonds is 9. The fraction of sp³-hybridized carbons (Fsp3) is 0.432. The summed E-state index contributed by atoms with van der Waals surface area (Å²) in [6, 6.07) is 6.61. The van der Waals surface area contributed by atoms with Crippen molar-refractivity contribution < 1.29 is 18.3 Å². The van der Waals surface area contributed by atoms with Crippen molar-refractivity contribution in [3.05, 3.63) is 59.3 Å². The van der Waals surface area contributed by atoms with Crippen LogP contribution in [0.3, 0.4) is 0 Å². The van der Waals surface area contributed by atoms with Crippen molar-refractivity contribution in [2.75, 3.05) is 38.1 Å². The minimum atomic E-state index is -2.22. The van der Waals surface area contributed by atoms with E-state index in [0.717, 1.165) is 13.0 Å². The molecule has 0 bridgehead atoms. The molecule has 47 heavy (non-hydrogen) atoms. The first-order valence-electron chi connectivity index (χ1n) is 16.2. The molecule has 1 aliphatic heterocycles. The van der Waals surface area contributed by atoms with Gasteiger partial charge in [-0.3, -0.25) is 0 Å². The van der Waals surface area contributed by atoms with Crippen LogP contribution in [0.1, 0.15) is 59.2 Å². The third kappa shape index (κ3) is 6.50. The summed E-state index contributed by atoms with van der Waals surface area (Å²) >= 11 is 1.36. The lowest BCUT2D eigenvalue weighted by Crippen LogP contribution is -2.43. The standard InChI is InChI=1S/C37H44F2N4O2SSi/c1-22(2)47(23(3)4,24(5)6)18-15-28-30(38)14-13-26-19-27(45-21-44-8)20-29(32(26)28)34-33(39)35-31(25(7)40-34)36(42-37(41-35)46-9)43-16-11-10-12-17-43/h10-11,13-14,19-20,22-24H,12,16-17,21H2,1-9H3. The Morgan fingerprint density at radius 1 is 0.979 bits per heavy atom. The fourth-order valence-corrected chi connectivity index (χ4v) is 12.7. The Kier molecular flexibility index (Phi) is 10.6. The number of hydrogen-bond acceptors (Lipinski definition) is 7. The minimum Gasteiger partial charge on any atom is -0.468 e. The topological polar surface area (TPSA) is 60.4 Å². The molecule has 2 aromatic carbocycles. The van der Waals surface area contributed by atoms with E-state index in [0.29, 0.717) is 67.3 Å². The third-order valence-electron chi connectivity index (χ3n) is 9.38. The molecule has 6 nitrogen and oxygen atoms in total. The summed E-state index contributed by atoms with van der Waals surface area (Å²) in [5, 5.41) is 2.20. The molecule has 0 N–H and O–H groups in total. The normalized spacial score (nSPS) is 13.7. The molecule has 10 heteroatoms. The minimum absolute atomic E-state index is 0.00526. The zero-order valence-corrected chi connectivity index (χ0v) is 30.6. The Bertz CT molecular complexity index is 1880. The highest BCUT2D eigenvalue weighted by molar-refractivity contribution is 7.98. The molecular weight excluding hydrogens is 631 g/mol. The highest BCUT2D eigenvalue weighted by Gasteiger charge is 2.41. The maximum Gasteiger partial charge on any atom is 0.189 e. The highest BCUT2D eigenvalue weighted by Crippen LogP contribution is 2.43. The number of thioether (sulfide) groups is 1. The van der Waals surface area contributed by atoms with Crippen molar-refractivity contribution >= 4 is 47.3 Å². The third-order valence-corrected chi connectivity index (χ3v) is 16.2. The molecule has 0 aliphatic carbocycles. The molecule has 0 spiro atoms. The van der Waals surface area contributed by atoms with Gasteiger partial charge in [-0.05, 0) is 59.8 Å². The van der Waals surface area contributed by atoms with Gasteiger partial charge in [0.05, 0.1) is 16.6 Å². The van der Waals surface area contributed by atoms with E-state index in [2.05, 4.69) is 75.0 Å². The molecule has 5 rings (SSSR count). The zero-order chi connectivity index (χ0) is 34.0. The van der Waals surface area contributed by atoms with Gasteiger partial charge >= 0.3 is 0 Å². The second kappa shape index (κ2) is 14.3. The van der Waals surface area contributed by atoms with Crippen LogP contribution in [0.5, 0.6) is 5.75 Å². The molecule has 4 aromatic rings. The van der Waals surface area contributed by atoms with E-state index in [9.17, 15) is 0 Å². The number of halogens is 2. The Hall–Kier alpha value is -3.52. The van der Waals surface area contributed by atoms with Gasteiger partial charge in [0.2, 0.25) is 0 Å². The zero-order valence-electron chi connectivity index (χ0n) is 28.8. The van der Waals surface area contributed by atoms with Gasteiger partial charge in [0.15, 0.2) is 17.8 Å². The van der Waals surface area contributed by atoms with Gasteiger partial charge < -0.3 is 14.4 Å². The van der Waals surface area contributed by atoms with E-state index in [1.807, 2.05) is 19.2 Å².